The van der Waals surface area contributed by atoms with Gasteiger partial charge in [0.1, 0.15) is 6.10 Å². The monoisotopic (exact) mass is 305 g/mol. The van der Waals surface area contributed by atoms with E-state index in [0.717, 1.165) is 32.3 Å². The third-order valence-electron chi connectivity index (χ3n) is 2.80. The summed E-state index contributed by atoms with van der Waals surface area (Å²) in [7, 11) is 0. The minimum Gasteiger partial charge on any atom is -0.368 e. The first-order valence-corrected chi connectivity index (χ1v) is 7.33. The Balaban J connectivity index is 2.22. The number of nitrogens with one attached hydrogen (secondary N) is 1. The number of carbonyl (C=O) groups excluding carboxylic acids is 1. The molecule has 1 saturated heterocycles. The molecule has 0 bridgehead atoms. The Bertz CT molecular complexity index is 244. The summed E-state index contributed by atoms with van der Waals surface area (Å²) in [5, 5.41) is 2.96. The highest BCUT2D eigenvalue weighted by Gasteiger charge is 2.23. The van der Waals surface area contributed by atoms with Crippen molar-refractivity contribution in [2.75, 3.05) is 13.2 Å². The molecule has 1 aliphatic heterocycles. The topological polar surface area (TPSA) is 38.3 Å². The summed E-state index contributed by atoms with van der Waals surface area (Å²) in [6.45, 7) is 8.00. The summed E-state index contributed by atoms with van der Waals surface area (Å²) >= 11 is 3.61. The van der Waals surface area contributed by atoms with E-state index in [-0.39, 0.29) is 17.4 Å². The first-order valence-electron chi connectivity index (χ1n) is 6.42. The highest BCUT2D eigenvalue weighted by molar-refractivity contribution is 9.09. The van der Waals surface area contributed by atoms with Gasteiger partial charge >= 0.3 is 0 Å². The van der Waals surface area contributed by atoms with E-state index in [1.54, 1.807) is 0 Å². The van der Waals surface area contributed by atoms with E-state index < -0.39 is 0 Å². The van der Waals surface area contributed by atoms with Gasteiger partial charge in [-0.1, -0.05) is 36.7 Å². The lowest BCUT2D eigenvalue weighted by atomic mass is 9.90. The van der Waals surface area contributed by atoms with E-state index in [2.05, 4.69) is 42.0 Å². The number of amides is 1. The fraction of sp³-hybridized carbons (Fsp3) is 0.923. The van der Waals surface area contributed by atoms with Crippen molar-refractivity contribution in [3.8, 4) is 0 Å². The molecule has 0 radical (unpaired) electrons. The first kappa shape index (κ1) is 15.0. The van der Waals surface area contributed by atoms with Gasteiger partial charge in [0.2, 0.25) is 5.91 Å². The van der Waals surface area contributed by atoms with Crippen LogP contribution in [0.2, 0.25) is 0 Å². The largest absolute Gasteiger partial charge is 0.368 e. The minimum absolute atomic E-state index is 0.0445. The molecule has 0 spiro atoms. The Morgan fingerprint density at radius 2 is 2.18 bits per heavy atom. The second kappa shape index (κ2) is 6.74. The van der Waals surface area contributed by atoms with Crippen LogP contribution in [-0.4, -0.2) is 30.0 Å². The number of halogens is 1. The molecule has 0 aliphatic carbocycles. The zero-order chi connectivity index (χ0) is 12.9. The molecule has 4 heteroatoms. The van der Waals surface area contributed by atoms with Gasteiger partial charge in [0.25, 0.3) is 0 Å². The molecule has 0 saturated carbocycles. The second-order valence-electron chi connectivity index (χ2n) is 5.96. The Morgan fingerprint density at radius 3 is 2.71 bits per heavy atom. The molecule has 2 atom stereocenters. The van der Waals surface area contributed by atoms with Crippen LogP contribution in [0.25, 0.3) is 0 Å². The maximum absolute atomic E-state index is 11.8. The van der Waals surface area contributed by atoms with Crippen LogP contribution >= 0.6 is 15.9 Å². The fourth-order valence-corrected chi connectivity index (χ4v) is 3.14. The summed E-state index contributed by atoms with van der Waals surface area (Å²) in [5.41, 5.74) is 0.278. The van der Waals surface area contributed by atoms with Crippen LogP contribution in [-0.2, 0) is 9.53 Å². The summed E-state index contributed by atoms with van der Waals surface area (Å²) in [5.74, 6) is 0.0445. The Labute approximate surface area is 113 Å². The van der Waals surface area contributed by atoms with Crippen LogP contribution in [0.4, 0.5) is 0 Å². The molecule has 1 N–H and O–H groups in total. The Kier molecular flexibility index (Phi) is 5.93. The average Bonchev–Trinajstić information content (AvgIpc) is 2.25. The lowest BCUT2D eigenvalue weighted by molar-refractivity contribution is -0.135. The number of rotatable bonds is 4. The van der Waals surface area contributed by atoms with E-state index >= 15 is 0 Å². The van der Waals surface area contributed by atoms with E-state index in [9.17, 15) is 4.79 Å². The molecule has 17 heavy (non-hydrogen) atoms. The zero-order valence-corrected chi connectivity index (χ0v) is 12.7. The lowest BCUT2D eigenvalue weighted by Gasteiger charge is -2.24. The third kappa shape index (κ3) is 6.41. The predicted molar refractivity (Wildman–Crippen MR) is 73.4 cm³/mol. The van der Waals surface area contributed by atoms with Crippen molar-refractivity contribution < 1.29 is 9.53 Å². The quantitative estimate of drug-likeness (QED) is 0.811. The lowest BCUT2D eigenvalue weighted by Crippen LogP contribution is -2.41. The van der Waals surface area contributed by atoms with E-state index in [1.165, 1.54) is 0 Å². The Hall–Kier alpha value is -0.0900. The number of hydrogen-bond donors (Lipinski definition) is 1. The molecule has 0 aromatic carbocycles. The van der Waals surface area contributed by atoms with Crippen LogP contribution < -0.4 is 5.32 Å². The summed E-state index contributed by atoms with van der Waals surface area (Å²) in [6, 6.07) is 0. The van der Waals surface area contributed by atoms with Gasteiger partial charge in [0.15, 0.2) is 0 Å². The van der Waals surface area contributed by atoms with Crippen molar-refractivity contribution in [3.05, 3.63) is 0 Å². The summed E-state index contributed by atoms with van der Waals surface area (Å²) in [4.78, 5) is 12.1. The van der Waals surface area contributed by atoms with E-state index in [1.807, 2.05) is 0 Å². The molecule has 3 nitrogen and oxygen atoms in total. The smallest absolute Gasteiger partial charge is 0.249 e. The van der Waals surface area contributed by atoms with Crippen LogP contribution in [0, 0.1) is 5.41 Å². The van der Waals surface area contributed by atoms with Crippen molar-refractivity contribution in [2.24, 2.45) is 5.41 Å². The van der Waals surface area contributed by atoms with Crippen LogP contribution in [0.5, 0.6) is 0 Å². The van der Waals surface area contributed by atoms with Gasteiger partial charge in [0.05, 0.1) is 0 Å². The van der Waals surface area contributed by atoms with Crippen molar-refractivity contribution in [3.63, 3.8) is 0 Å². The molecule has 0 aromatic rings. The predicted octanol–water partition coefficient (Wildman–Crippen LogP) is 2.87. The standard InChI is InChI=1S/C13H24BrNO2/c1-13(2,3)8-10(14)9-15-12(16)11-6-4-5-7-17-11/h10-11H,4-9H2,1-3H3,(H,15,16). The second-order valence-corrected chi connectivity index (χ2v) is 7.26. The Morgan fingerprint density at radius 1 is 1.47 bits per heavy atom. The molecule has 1 heterocycles. The molecule has 1 aliphatic rings. The van der Waals surface area contributed by atoms with E-state index in [4.69, 9.17) is 4.74 Å². The molecule has 100 valence electrons. The van der Waals surface area contributed by atoms with Crippen molar-refractivity contribution in [2.45, 2.75) is 57.4 Å². The van der Waals surface area contributed by atoms with Gasteiger partial charge in [-0.05, 0) is 31.1 Å². The van der Waals surface area contributed by atoms with Crippen molar-refractivity contribution in [1.82, 2.24) is 5.32 Å². The van der Waals surface area contributed by atoms with Crippen molar-refractivity contribution in [1.29, 1.82) is 0 Å². The van der Waals surface area contributed by atoms with Crippen molar-refractivity contribution >= 4 is 21.8 Å². The molecule has 0 aromatic heterocycles. The first-order chi connectivity index (χ1) is 7.88. The number of carbonyl (C=O) groups is 1. The highest BCUT2D eigenvalue weighted by Crippen LogP contribution is 2.24. The van der Waals surface area contributed by atoms with E-state index in [0.29, 0.717) is 11.4 Å². The summed E-state index contributed by atoms with van der Waals surface area (Å²) < 4.78 is 5.45. The molecular weight excluding hydrogens is 282 g/mol. The highest BCUT2D eigenvalue weighted by atomic mass is 79.9. The molecule has 1 amide bonds. The zero-order valence-electron chi connectivity index (χ0n) is 11.1. The molecule has 2 unspecified atom stereocenters. The van der Waals surface area contributed by atoms with Gasteiger partial charge < -0.3 is 10.1 Å². The SMILES string of the molecule is CC(C)(C)CC(Br)CNC(=O)C1CCCCO1. The van der Waals surface area contributed by atoms with Crippen LogP contribution in [0.1, 0.15) is 46.5 Å². The molecule has 1 rings (SSSR count). The molecular formula is C13H24BrNO2. The molecule has 1 fully saturated rings. The fourth-order valence-electron chi connectivity index (χ4n) is 2.01. The van der Waals surface area contributed by atoms with Gasteiger partial charge in [-0.15, -0.1) is 0 Å². The van der Waals surface area contributed by atoms with Crippen LogP contribution in [0.15, 0.2) is 0 Å². The van der Waals surface area contributed by atoms with Crippen LogP contribution in [0.3, 0.4) is 0 Å². The van der Waals surface area contributed by atoms with Gasteiger partial charge in [-0.3, -0.25) is 4.79 Å². The maximum Gasteiger partial charge on any atom is 0.249 e. The number of ether oxygens (including phenoxy) is 1. The summed E-state index contributed by atoms with van der Waals surface area (Å²) in [6.07, 6.45) is 3.85. The number of alkyl halides is 1. The minimum atomic E-state index is -0.224. The average molecular weight is 306 g/mol. The van der Waals surface area contributed by atoms with Gasteiger partial charge in [-0.25, -0.2) is 0 Å². The van der Waals surface area contributed by atoms with Gasteiger partial charge in [-0.2, -0.15) is 0 Å². The third-order valence-corrected chi connectivity index (χ3v) is 3.45. The normalized spacial score (nSPS) is 23.2. The van der Waals surface area contributed by atoms with Gasteiger partial charge in [0, 0.05) is 18.0 Å². The number of hydrogen-bond acceptors (Lipinski definition) is 2. The maximum atomic E-state index is 11.8.